The van der Waals surface area contributed by atoms with Gasteiger partial charge in [0.05, 0.1) is 5.60 Å². The van der Waals surface area contributed by atoms with Crippen LogP contribution in [0.2, 0.25) is 0 Å². The van der Waals surface area contributed by atoms with Crippen LogP contribution in [-0.2, 0) is 0 Å². The summed E-state index contributed by atoms with van der Waals surface area (Å²) in [5.74, 6) is 0.819. The van der Waals surface area contributed by atoms with Gasteiger partial charge < -0.3 is 10.4 Å². The van der Waals surface area contributed by atoms with Crippen molar-refractivity contribution in [2.45, 2.75) is 44.6 Å². The third kappa shape index (κ3) is 2.76. The van der Waals surface area contributed by atoms with Crippen LogP contribution in [0, 0.1) is 5.92 Å². The van der Waals surface area contributed by atoms with Gasteiger partial charge in [0.25, 0.3) is 0 Å². The first-order valence-electron chi connectivity index (χ1n) is 5.03. The van der Waals surface area contributed by atoms with E-state index >= 15 is 0 Å². The average molecular weight is 171 g/mol. The van der Waals surface area contributed by atoms with Crippen molar-refractivity contribution in [2.24, 2.45) is 5.92 Å². The summed E-state index contributed by atoms with van der Waals surface area (Å²) in [6, 6.07) is 0. The first kappa shape index (κ1) is 10.0. The minimum absolute atomic E-state index is 0.352. The summed E-state index contributed by atoms with van der Waals surface area (Å²) in [6.45, 7) is 3.21. The molecule has 0 saturated heterocycles. The van der Waals surface area contributed by atoms with Crippen molar-refractivity contribution in [1.29, 1.82) is 0 Å². The van der Waals surface area contributed by atoms with Crippen molar-refractivity contribution < 1.29 is 5.11 Å². The summed E-state index contributed by atoms with van der Waals surface area (Å²) in [5, 5.41) is 13.2. The smallest absolute Gasteiger partial charge is 0.0660 e. The van der Waals surface area contributed by atoms with Gasteiger partial charge in [0.15, 0.2) is 0 Å². The number of rotatable bonds is 3. The van der Waals surface area contributed by atoms with Crippen molar-refractivity contribution in [3.8, 4) is 0 Å². The number of hydrogen-bond donors (Lipinski definition) is 2. The van der Waals surface area contributed by atoms with Crippen LogP contribution in [0.25, 0.3) is 0 Å². The lowest BCUT2D eigenvalue weighted by Crippen LogP contribution is -2.36. The first-order valence-corrected chi connectivity index (χ1v) is 5.03. The molecule has 0 aromatic rings. The molecular formula is C10H21NO. The molecule has 1 rings (SSSR count). The lowest BCUT2D eigenvalue weighted by atomic mass is 9.78. The maximum absolute atomic E-state index is 10.1. The molecule has 0 amide bonds. The highest BCUT2D eigenvalue weighted by Crippen LogP contribution is 2.33. The van der Waals surface area contributed by atoms with E-state index in [0.29, 0.717) is 0 Å². The van der Waals surface area contributed by atoms with E-state index in [1.165, 1.54) is 12.8 Å². The Morgan fingerprint density at radius 3 is 2.50 bits per heavy atom. The molecular weight excluding hydrogens is 150 g/mol. The van der Waals surface area contributed by atoms with E-state index in [-0.39, 0.29) is 5.60 Å². The van der Waals surface area contributed by atoms with Crippen molar-refractivity contribution >= 4 is 0 Å². The maximum atomic E-state index is 10.1. The third-order valence-electron chi connectivity index (χ3n) is 3.05. The van der Waals surface area contributed by atoms with Gasteiger partial charge in [-0.25, -0.2) is 0 Å². The van der Waals surface area contributed by atoms with Gasteiger partial charge >= 0.3 is 0 Å². The fourth-order valence-corrected chi connectivity index (χ4v) is 1.91. The number of aliphatic hydroxyl groups is 1. The summed E-state index contributed by atoms with van der Waals surface area (Å²) in [6.07, 6.45) is 5.29. The second kappa shape index (κ2) is 4.24. The van der Waals surface area contributed by atoms with E-state index in [4.69, 9.17) is 0 Å². The molecule has 1 fully saturated rings. The summed E-state index contributed by atoms with van der Waals surface area (Å²) < 4.78 is 0. The van der Waals surface area contributed by atoms with Crippen LogP contribution in [0.1, 0.15) is 39.0 Å². The summed E-state index contributed by atoms with van der Waals surface area (Å²) >= 11 is 0. The molecule has 0 atom stereocenters. The Bertz CT molecular complexity index is 122. The third-order valence-corrected chi connectivity index (χ3v) is 3.05. The minimum Gasteiger partial charge on any atom is -0.390 e. The van der Waals surface area contributed by atoms with Crippen LogP contribution in [0.5, 0.6) is 0 Å². The van der Waals surface area contributed by atoms with E-state index in [1.54, 1.807) is 0 Å². The van der Waals surface area contributed by atoms with Crippen LogP contribution in [-0.4, -0.2) is 24.3 Å². The van der Waals surface area contributed by atoms with E-state index in [0.717, 1.165) is 31.7 Å². The van der Waals surface area contributed by atoms with Crippen LogP contribution in [0.3, 0.4) is 0 Å². The molecule has 1 saturated carbocycles. The van der Waals surface area contributed by atoms with Gasteiger partial charge in [-0.3, -0.25) is 0 Å². The Morgan fingerprint density at radius 2 is 2.00 bits per heavy atom. The first-order chi connectivity index (χ1) is 5.66. The Balaban J connectivity index is 2.29. The SMILES string of the molecule is CNCCC1(O)CCC(C)CC1. The van der Waals surface area contributed by atoms with E-state index in [1.807, 2.05) is 7.05 Å². The molecule has 0 unspecified atom stereocenters. The summed E-state index contributed by atoms with van der Waals surface area (Å²) in [7, 11) is 1.94. The van der Waals surface area contributed by atoms with E-state index in [9.17, 15) is 5.11 Å². The van der Waals surface area contributed by atoms with E-state index < -0.39 is 0 Å². The maximum Gasteiger partial charge on any atom is 0.0660 e. The fourth-order valence-electron chi connectivity index (χ4n) is 1.91. The predicted octanol–water partition coefficient (Wildman–Crippen LogP) is 1.54. The molecule has 0 bridgehead atoms. The van der Waals surface area contributed by atoms with Crippen molar-refractivity contribution in [3.63, 3.8) is 0 Å². The van der Waals surface area contributed by atoms with Crippen LogP contribution in [0.15, 0.2) is 0 Å². The highest BCUT2D eigenvalue weighted by atomic mass is 16.3. The zero-order valence-corrected chi connectivity index (χ0v) is 8.27. The monoisotopic (exact) mass is 171 g/mol. The number of hydrogen-bond acceptors (Lipinski definition) is 2. The van der Waals surface area contributed by atoms with Gasteiger partial charge in [-0.1, -0.05) is 6.92 Å². The molecule has 1 aliphatic rings. The van der Waals surface area contributed by atoms with Crippen LogP contribution in [0.4, 0.5) is 0 Å². The Kier molecular flexibility index (Phi) is 3.53. The zero-order chi connectivity index (χ0) is 9.03. The predicted molar refractivity (Wildman–Crippen MR) is 51.1 cm³/mol. The summed E-state index contributed by atoms with van der Waals surface area (Å²) in [5.41, 5.74) is -0.352. The van der Waals surface area contributed by atoms with Gasteiger partial charge in [-0.2, -0.15) is 0 Å². The highest BCUT2D eigenvalue weighted by molar-refractivity contribution is 4.84. The lowest BCUT2D eigenvalue weighted by Gasteiger charge is -2.34. The molecule has 0 spiro atoms. The Morgan fingerprint density at radius 1 is 1.42 bits per heavy atom. The van der Waals surface area contributed by atoms with Gasteiger partial charge in [0, 0.05) is 0 Å². The molecule has 72 valence electrons. The topological polar surface area (TPSA) is 32.3 Å². The molecule has 2 nitrogen and oxygen atoms in total. The van der Waals surface area contributed by atoms with Gasteiger partial charge in [0.1, 0.15) is 0 Å². The van der Waals surface area contributed by atoms with Gasteiger partial charge in [0.2, 0.25) is 0 Å². The van der Waals surface area contributed by atoms with Crippen LogP contribution < -0.4 is 5.32 Å². The number of nitrogens with one attached hydrogen (secondary N) is 1. The van der Waals surface area contributed by atoms with E-state index in [2.05, 4.69) is 12.2 Å². The van der Waals surface area contributed by atoms with Crippen molar-refractivity contribution in [3.05, 3.63) is 0 Å². The Hall–Kier alpha value is -0.0800. The van der Waals surface area contributed by atoms with Crippen LogP contribution >= 0.6 is 0 Å². The molecule has 0 aromatic carbocycles. The van der Waals surface area contributed by atoms with Gasteiger partial charge in [-0.05, 0) is 51.6 Å². The molecule has 1 aliphatic carbocycles. The Labute approximate surface area is 75.4 Å². The zero-order valence-electron chi connectivity index (χ0n) is 8.27. The molecule has 2 N–H and O–H groups in total. The molecule has 0 aromatic heterocycles. The fraction of sp³-hybridized carbons (Fsp3) is 1.00. The molecule has 0 radical (unpaired) electrons. The standard InChI is InChI=1S/C10H21NO/c1-9-3-5-10(12,6-4-9)7-8-11-2/h9,11-12H,3-8H2,1-2H3. The minimum atomic E-state index is -0.352. The van der Waals surface area contributed by atoms with Crippen molar-refractivity contribution in [2.75, 3.05) is 13.6 Å². The largest absolute Gasteiger partial charge is 0.390 e. The normalized spacial score (nSPS) is 36.8. The summed E-state index contributed by atoms with van der Waals surface area (Å²) in [4.78, 5) is 0. The highest BCUT2D eigenvalue weighted by Gasteiger charge is 2.30. The quantitative estimate of drug-likeness (QED) is 0.675. The molecule has 0 aliphatic heterocycles. The molecule has 0 heterocycles. The second-order valence-corrected chi connectivity index (χ2v) is 4.26. The second-order valence-electron chi connectivity index (χ2n) is 4.26. The molecule has 12 heavy (non-hydrogen) atoms. The van der Waals surface area contributed by atoms with Crippen molar-refractivity contribution in [1.82, 2.24) is 5.32 Å². The molecule has 2 heteroatoms. The van der Waals surface area contributed by atoms with Gasteiger partial charge in [-0.15, -0.1) is 0 Å². The average Bonchev–Trinajstić information content (AvgIpc) is 2.08. The lowest BCUT2D eigenvalue weighted by molar-refractivity contribution is -0.0136.